The molecule has 134 valence electrons. The van der Waals surface area contributed by atoms with Crippen LogP contribution in [-0.4, -0.2) is 22.9 Å². The van der Waals surface area contributed by atoms with Crippen LogP contribution >= 0.6 is 11.3 Å². The van der Waals surface area contributed by atoms with Crippen LogP contribution in [0.15, 0.2) is 18.2 Å². The summed E-state index contributed by atoms with van der Waals surface area (Å²) in [5.41, 5.74) is 5.72. The van der Waals surface area contributed by atoms with Gasteiger partial charge in [-0.3, -0.25) is 14.4 Å². The molecule has 0 aromatic carbocycles. The summed E-state index contributed by atoms with van der Waals surface area (Å²) in [6.07, 6.45) is 7.23. The lowest BCUT2D eigenvalue weighted by molar-refractivity contribution is -0.151. The molecule has 3 aliphatic rings. The van der Waals surface area contributed by atoms with Crippen LogP contribution in [-0.2, 0) is 16.0 Å². The van der Waals surface area contributed by atoms with Gasteiger partial charge in [0.05, 0.1) is 17.4 Å². The molecule has 1 aromatic heterocycles. The van der Waals surface area contributed by atoms with E-state index in [0.717, 1.165) is 30.6 Å². The van der Waals surface area contributed by atoms with Gasteiger partial charge < -0.3 is 16.2 Å². The van der Waals surface area contributed by atoms with Crippen molar-refractivity contribution in [2.24, 2.45) is 29.4 Å². The number of carboxylic acid groups (broad SMARTS) is 1. The topological polar surface area (TPSA) is 109 Å². The fourth-order valence-electron chi connectivity index (χ4n) is 3.97. The second kappa shape index (κ2) is 7.00. The number of thiophene rings is 1. The second-order valence-electron chi connectivity index (χ2n) is 6.74. The molecule has 1 saturated carbocycles. The van der Waals surface area contributed by atoms with Crippen molar-refractivity contribution in [2.45, 2.75) is 32.6 Å². The minimum absolute atomic E-state index is 0.0711. The number of aryl methyl sites for hydroxylation is 1. The van der Waals surface area contributed by atoms with Gasteiger partial charge >= 0.3 is 5.97 Å². The smallest absolute Gasteiger partial charge is 0.307 e. The maximum Gasteiger partial charge on any atom is 0.307 e. The summed E-state index contributed by atoms with van der Waals surface area (Å²) >= 11 is 1.34. The van der Waals surface area contributed by atoms with Crippen LogP contribution in [0.2, 0.25) is 0 Å². The van der Waals surface area contributed by atoms with Gasteiger partial charge in [-0.05, 0) is 37.2 Å². The second-order valence-corrected chi connectivity index (χ2v) is 7.88. The van der Waals surface area contributed by atoms with Gasteiger partial charge in [0.2, 0.25) is 5.91 Å². The standard InChI is InChI=1S/C18H22N2O4S/c1-2-3-11-8-12(15(19)21)17(25-11)20-16(22)13-9-4-6-10(7-5-9)14(13)18(23)24/h4,6,8-10,13-14H,2-3,5,7H2,1H3,(H2,19,21)(H,20,22)(H,23,24)/t9-,10+,13-,14+/m1/s1. The molecule has 1 heterocycles. The molecule has 3 aliphatic carbocycles. The highest BCUT2D eigenvalue weighted by Crippen LogP contribution is 2.45. The van der Waals surface area contributed by atoms with Gasteiger partial charge in [0.25, 0.3) is 5.91 Å². The van der Waals surface area contributed by atoms with Crippen molar-refractivity contribution in [1.82, 2.24) is 0 Å². The van der Waals surface area contributed by atoms with E-state index in [1.807, 2.05) is 19.1 Å². The number of nitrogens with two attached hydrogens (primary N) is 1. The molecule has 0 saturated heterocycles. The van der Waals surface area contributed by atoms with Gasteiger partial charge in [0.1, 0.15) is 5.00 Å². The van der Waals surface area contributed by atoms with Crippen molar-refractivity contribution in [3.8, 4) is 0 Å². The zero-order valence-electron chi connectivity index (χ0n) is 14.0. The van der Waals surface area contributed by atoms with Crippen molar-refractivity contribution in [3.05, 3.63) is 28.7 Å². The molecule has 2 amide bonds. The Hall–Kier alpha value is -2.15. The molecule has 0 radical (unpaired) electrons. The number of carboxylic acids is 1. The molecule has 1 aromatic rings. The molecular weight excluding hydrogens is 340 g/mol. The van der Waals surface area contributed by atoms with Crippen molar-refractivity contribution in [3.63, 3.8) is 0 Å². The molecular formula is C18H22N2O4S. The Kier molecular flexibility index (Phi) is 4.94. The van der Waals surface area contributed by atoms with Gasteiger partial charge in [-0.25, -0.2) is 0 Å². The maximum atomic E-state index is 12.9. The summed E-state index contributed by atoms with van der Waals surface area (Å²) < 4.78 is 0. The van der Waals surface area contributed by atoms with E-state index in [1.54, 1.807) is 6.07 Å². The predicted octanol–water partition coefficient (Wildman–Crippen LogP) is 2.65. The zero-order chi connectivity index (χ0) is 18.1. The lowest BCUT2D eigenvalue weighted by Gasteiger charge is -2.41. The fraction of sp³-hybridized carbons (Fsp3) is 0.500. The summed E-state index contributed by atoms with van der Waals surface area (Å²) in [5.74, 6) is -3.36. The first-order valence-electron chi connectivity index (χ1n) is 8.56. The molecule has 4 N–H and O–H groups in total. The molecule has 1 fully saturated rings. The number of nitrogens with one attached hydrogen (secondary N) is 1. The molecule has 25 heavy (non-hydrogen) atoms. The fourth-order valence-corrected chi connectivity index (χ4v) is 5.14. The monoisotopic (exact) mass is 362 g/mol. The zero-order valence-corrected chi connectivity index (χ0v) is 14.8. The van der Waals surface area contributed by atoms with Crippen molar-refractivity contribution < 1.29 is 19.5 Å². The van der Waals surface area contributed by atoms with E-state index in [4.69, 9.17) is 5.73 Å². The average Bonchev–Trinajstić information content (AvgIpc) is 2.98. The van der Waals surface area contributed by atoms with Gasteiger partial charge in [-0.2, -0.15) is 0 Å². The van der Waals surface area contributed by atoms with E-state index in [-0.39, 0.29) is 17.7 Å². The number of amides is 2. The molecule has 0 aliphatic heterocycles. The minimum Gasteiger partial charge on any atom is -0.481 e. The first kappa shape index (κ1) is 17.7. The number of hydrogen-bond acceptors (Lipinski definition) is 4. The average molecular weight is 362 g/mol. The summed E-state index contributed by atoms with van der Waals surface area (Å²) in [4.78, 5) is 37.2. The van der Waals surface area contributed by atoms with Crippen LogP contribution in [0.5, 0.6) is 0 Å². The van der Waals surface area contributed by atoms with Gasteiger partial charge in [0, 0.05) is 4.88 Å². The largest absolute Gasteiger partial charge is 0.481 e. The Morgan fingerprint density at radius 1 is 1.24 bits per heavy atom. The van der Waals surface area contributed by atoms with Crippen LogP contribution < -0.4 is 11.1 Å². The van der Waals surface area contributed by atoms with E-state index in [9.17, 15) is 19.5 Å². The Labute approximate surface area is 150 Å². The van der Waals surface area contributed by atoms with Gasteiger partial charge in [-0.15, -0.1) is 11.3 Å². The number of rotatable bonds is 6. The minimum atomic E-state index is -0.938. The van der Waals surface area contributed by atoms with Crippen molar-refractivity contribution >= 4 is 34.1 Å². The number of primary amides is 1. The number of aliphatic carboxylic acids is 1. The van der Waals surface area contributed by atoms with Gasteiger partial charge in [0.15, 0.2) is 0 Å². The van der Waals surface area contributed by atoms with E-state index in [0.29, 0.717) is 10.6 Å². The third kappa shape index (κ3) is 3.33. The number of allylic oxidation sites excluding steroid dienone is 2. The summed E-state index contributed by atoms with van der Waals surface area (Å²) in [7, 11) is 0. The van der Waals surface area contributed by atoms with Crippen LogP contribution in [0, 0.1) is 23.7 Å². The van der Waals surface area contributed by atoms with E-state index < -0.39 is 23.7 Å². The summed E-state index contributed by atoms with van der Waals surface area (Å²) in [5, 5.41) is 12.8. The quantitative estimate of drug-likeness (QED) is 0.676. The normalized spacial score (nSPS) is 27.2. The SMILES string of the molecule is CCCc1cc(C(N)=O)c(NC(=O)[C@H]2[C@@H](C(=O)O)[C@H]3C=C[C@@H]2CC3)s1. The summed E-state index contributed by atoms with van der Waals surface area (Å²) in [6, 6.07) is 1.72. The molecule has 0 spiro atoms. The predicted molar refractivity (Wildman–Crippen MR) is 95.4 cm³/mol. The highest BCUT2D eigenvalue weighted by atomic mass is 32.1. The Balaban J connectivity index is 1.85. The molecule has 0 unspecified atom stereocenters. The number of fused-ring (bicyclic) bond motifs is 2. The highest BCUT2D eigenvalue weighted by Gasteiger charge is 2.48. The van der Waals surface area contributed by atoms with Crippen LogP contribution in [0.1, 0.15) is 41.4 Å². The molecule has 7 heteroatoms. The Bertz CT molecular complexity index is 739. The van der Waals surface area contributed by atoms with E-state index in [2.05, 4.69) is 5.32 Å². The van der Waals surface area contributed by atoms with Gasteiger partial charge in [-0.1, -0.05) is 25.5 Å². The third-order valence-electron chi connectivity index (χ3n) is 5.12. The van der Waals surface area contributed by atoms with E-state index in [1.165, 1.54) is 11.3 Å². The Morgan fingerprint density at radius 2 is 1.88 bits per heavy atom. The highest BCUT2D eigenvalue weighted by molar-refractivity contribution is 7.16. The van der Waals surface area contributed by atoms with Crippen molar-refractivity contribution in [2.75, 3.05) is 5.32 Å². The maximum absolute atomic E-state index is 12.9. The molecule has 4 rings (SSSR count). The lowest BCUT2D eigenvalue weighted by atomic mass is 9.62. The molecule has 4 atom stereocenters. The summed E-state index contributed by atoms with van der Waals surface area (Å²) in [6.45, 7) is 2.03. The number of carbonyl (C=O) groups excluding carboxylic acids is 2. The number of anilines is 1. The first-order chi connectivity index (χ1) is 11.9. The first-order valence-corrected chi connectivity index (χ1v) is 9.38. The van der Waals surface area contributed by atoms with Crippen molar-refractivity contribution in [1.29, 1.82) is 0 Å². The third-order valence-corrected chi connectivity index (χ3v) is 6.23. The number of carbonyl (C=O) groups is 3. The lowest BCUT2D eigenvalue weighted by Crippen LogP contribution is -2.47. The van der Waals surface area contributed by atoms with Crippen LogP contribution in [0.4, 0.5) is 5.00 Å². The van der Waals surface area contributed by atoms with Crippen LogP contribution in [0.3, 0.4) is 0 Å². The Morgan fingerprint density at radius 3 is 2.40 bits per heavy atom. The molecule has 6 nitrogen and oxygen atoms in total. The number of hydrogen-bond donors (Lipinski definition) is 3. The van der Waals surface area contributed by atoms with E-state index >= 15 is 0 Å². The molecule has 2 bridgehead atoms. The van der Waals surface area contributed by atoms with Crippen LogP contribution in [0.25, 0.3) is 0 Å².